The highest BCUT2D eigenvalue weighted by atomic mass is 35.5. The molecule has 7 heteroatoms. The minimum atomic E-state index is -0.792. The van der Waals surface area contributed by atoms with Gasteiger partial charge in [0, 0.05) is 11.8 Å². The Bertz CT molecular complexity index is 650. The number of rotatable bonds is 3. The van der Waals surface area contributed by atoms with E-state index in [0.29, 0.717) is 0 Å². The topological polar surface area (TPSA) is 55.2 Å². The van der Waals surface area contributed by atoms with Crippen LogP contribution in [-0.2, 0) is 0 Å². The van der Waals surface area contributed by atoms with Crippen LogP contribution in [0.4, 0.5) is 25.8 Å². The molecule has 0 aliphatic carbocycles. The zero-order valence-electron chi connectivity index (χ0n) is 9.36. The molecule has 19 heavy (non-hydrogen) atoms. The molecule has 0 saturated carbocycles. The number of nitro groups is 1. The summed E-state index contributed by atoms with van der Waals surface area (Å²) < 4.78 is 26.8. The van der Waals surface area contributed by atoms with Gasteiger partial charge < -0.3 is 5.32 Å². The molecule has 0 radical (unpaired) electrons. The van der Waals surface area contributed by atoms with Gasteiger partial charge in [-0.05, 0) is 18.2 Å². The molecule has 0 unspecified atom stereocenters. The van der Waals surface area contributed by atoms with Crippen molar-refractivity contribution in [1.29, 1.82) is 0 Å². The number of hydrogen-bond donors (Lipinski definition) is 1. The van der Waals surface area contributed by atoms with Crippen molar-refractivity contribution in [2.24, 2.45) is 0 Å². The molecule has 0 aliphatic rings. The van der Waals surface area contributed by atoms with Gasteiger partial charge in [0.15, 0.2) is 5.82 Å². The van der Waals surface area contributed by atoms with Crippen LogP contribution >= 0.6 is 11.6 Å². The fraction of sp³-hybridized carbons (Fsp3) is 0. The predicted molar refractivity (Wildman–Crippen MR) is 67.7 cm³/mol. The molecule has 0 bridgehead atoms. The lowest BCUT2D eigenvalue weighted by atomic mass is 10.2. The van der Waals surface area contributed by atoms with E-state index in [-0.39, 0.29) is 16.4 Å². The van der Waals surface area contributed by atoms with Crippen LogP contribution in [0.15, 0.2) is 36.4 Å². The minimum Gasteiger partial charge on any atom is -0.353 e. The highest BCUT2D eigenvalue weighted by Gasteiger charge is 2.12. The first-order valence-electron chi connectivity index (χ1n) is 5.13. The van der Waals surface area contributed by atoms with Gasteiger partial charge in [-0.2, -0.15) is 0 Å². The van der Waals surface area contributed by atoms with Crippen molar-refractivity contribution in [3.8, 4) is 0 Å². The smallest absolute Gasteiger partial charge is 0.274 e. The summed E-state index contributed by atoms with van der Waals surface area (Å²) in [7, 11) is 0. The second-order valence-electron chi connectivity index (χ2n) is 3.68. The SMILES string of the molecule is O=[N+]([O-])c1cc(F)cc(Nc2cccc(Cl)c2F)c1. The Hall–Kier alpha value is -2.21. The molecule has 0 heterocycles. The Morgan fingerprint density at radius 2 is 1.95 bits per heavy atom. The lowest BCUT2D eigenvalue weighted by Crippen LogP contribution is -1.97. The van der Waals surface area contributed by atoms with Gasteiger partial charge in [-0.25, -0.2) is 8.78 Å². The monoisotopic (exact) mass is 284 g/mol. The van der Waals surface area contributed by atoms with E-state index in [1.54, 1.807) is 0 Å². The van der Waals surface area contributed by atoms with Gasteiger partial charge in [0.1, 0.15) is 5.82 Å². The Labute approximate surface area is 111 Å². The average Bonchev–Trinajstić information content (AvgIpc) is 2.34. The molecular formula is C12H7ClF2N2O2. The van der Waals surface area contributed by atoms with E-state index in [1.807, 2.05) is 0 Å². The summed E-state index contributed by atoms with van der Waals surface area (Å²) in [5.41, 5.74) is -0.356. The molecule has 4 nitrogen and oxygen atoms in total. The Balaban J connectivity index is 2.38. The summed E-state index contributed by atoms with van der Waals surface area (Å²) in [6.45, 7) is 0. The van der Waals surface area contributed by atoms with Crippen LogP contribution in [0, 0.1) is 21.7 Å². The van der Waals surface area contributed by atoms with E-state index in [4.69, 9.17) is 11.6 Å². The van der Waals surface area contributed by atoms with Crippen molar-refractivity contribution in [3.05, 3.63) is 63.2 Å². The highest BCUT2D eigenvalue weighted by Crippen LogP contribution is 2.27. The molecule has 2 aromatic carbocycles. The molecular weight excluding hydrogens is 278 g/mol. The van der Waals surface area contributed by atoms with Gasteiger partial charge in [-0.15, -0.1) is 0 Å². The van der Waals surface area contributed by atoms with Crippen LogP contribution in [0.1, 0.15) is 0 Å². The van der Waals surface area contributed by atoms with Crippen LogP contribution in [0.5, 0.6) is 0 Å². The van der Waals surface area contributed by atoms with E-state index in [1.165, 1.54) is 18.2 Å². The molecule has 0 saturated heterocycles. The van der Waals surface area contributed by atoms with Gasteiger partial charge in [0.25, 0.3) is 5.69 Å². The molecule has 0 amide bonds. The molecule has 2 rings (SSSR count). The fourth-order valence-electron chi connectivity index (χ4n) is 1.51. The quantitative estimate of drug-likeness (QED) is 0.676. The third-order valence-corrected chi connectivity index (χ3v) is 2.62. The summed E-state index contributed by atoms with van der Waals surface area (Å²) in [6.07, 6.45) is 0. The molecule has 0 aromatic heterocycles. The first-order valence-corrected chi connectivity index (χ1v) is 5.51. The van der Waals surface area contributed by atoms with Crippen molar-refractivity contribution >= 4 is 28.7 Å². The number of hydrogen-bond acceptors (Lipinski definition) is 3. The first-order chi connectivity index (χ1) is 8.97. The second-order valence-corrected chi connectivity index (χ2v) is 4.09. The standard InChI is InChI=1S/C12H7ClF2N2O2/c13-10-2-1-3-11(12(10)15)16-8-4-7(14)5-9(6-8)17(18)19/h1-6,16H. The molecule has 98 valence electrons. The van der Waals surface area contributed by atoms with Crippen LogP contribution in [0.25, 0.3) is 0 Å². The molecule has 0 aliphatic heterocycles. The Morgan fingerprint density at radius 1 is 1.21 bits per heavy atom. The van der Waals surface area contributed by atoms with Crippen molar-refractivity contribution in [2.45, 2.75) is 0 Å². The zero-order chi connectivity index (χ0) is 14.0. The van der Waals surface area contributed by atoms with Crippen molar-refractivity contribution in [2.75, 3.05) is 5.32 Å². The number of nitrogens with one attached hydrogen (secondary N) is 1. The summed E-state index contributed by atoms with van der Waals surface area (Å²) in [5.74, 6) is -1.50. The third kappa shape index (κ3) is 2.97. The number of halogens is 3. The highest BCUT2D eigenvalue weighted by molar-refractivity contribution is 6.31. The van der Waals surface area contributed by atoms with Gasteiger partial charge in [-0.3, -0.25) is 10.1 Å². The number of non-ortho nitro benzene ring substituents is 1. The van der Waals surface area contributed by atoms with E-state index < -0.39 is 22.2 Å². The predicted octanol–water partition coefficient (Wildman–Crippen LogP) is 4.27. The van der Waals surface area contributed by atoms with Crippen LogP contribution in [0.2, 0.25) is 5.02 Å². The molecule has 2 aromatic rings. The van der Waals surface area contributed by atoms with Crippen LogP contribution < -0.4 is 5.32 Å². The van der Waals surface area contributed by atoms with Crippen molar-refractivity contribution in [1.82, 2.24) is 0 Å². The van der Waals surface area contributed by atoms with E-state index in [0.717, 1.165) is 18.2 Å². The van der Waals surface area contributed by atoms with Crippen molar-refractivity contribution in [3.63, 3.8) is 0 Å². The lowest BCUT2D eigenvalue weighted by Gasteiger charge is -2.08. The van der Waals surface area contributed by atoms with Crippen LogP contribution in [0.3, 0.4) is 0 Å². The maximum absolute atomic E-state index is 13.6. The summed E-state index contributed by atoms with van der Waals surface area (Å²) in [5, 5.41) is 13.0. The second kappa shape index (κ2) is 5.19. The average molecular weight is 285 g/mol. The molecule has 0 fully saturated rings. The number of anilines is 2. The molecule has 1 N–H and O–H groups in total. The summed E-state index contributed by atoms with van der Waals surface area (Å²) in [4.78, 5) is 9.86. The Kier molecular flexibility index (Phi) is 3.62. The summed E-state index contributed by atoms with van der Waals surface area (Å²) in [6, 6.07) is 7.14. The van der Waals surface area contributed by atoms with Gasteiger partial charge in [0.2, 0.25) is 0 Å². The number of benzene rings is 2. The van der Waals surface area contributed by atoms with E-state index in [2.05, 4.69) is 5.32 Å². The number of nitro benzene ring substituents is 1. The van der Waals surface area contributed by atoms with Crippen molar-refractivity contribution < 1.29 is 13.7 Å². The third-order valence-electron chi connectivity index (χ3n) is 2.32. The van der Waals surface area contributed by atoms with Gasteiger partial charge in [-0.1, -0.05) is 17.7 Å². The van der Waals surface area contributed by atoms with E-state index in [9.17, 15) is 18.9 Å². The lowest BCUT2D eigenvalue weighted by molar-refractivity contribution is -0.385. The van der Waals surface area contributed by atoms with Gasteiger partial charge >= 0.3 is 0 Å². The van der Waals surface area contributed by atoms with Gasteiger partial charge in [0.05, 0.1) is 21.7 Å². The maximum Gasteiger partial charge on any atom is 0.274 e. The number of nitrogens with zero attached hydrogens (tertiary/aromatic N) is 1. The minimum absolute atomic E-state index is 0.00685. The Morgan fingerprint density at radius 3 is 2.63 bits per heavy atom. The summed E-state index contributed by atoms with van der Waals surface area (Å²) >= 11 is 5.60. The molecule has 0 spiro atoms. The largest absolute Gasteiger partial charge is 0.353 e. The maximum atomic E-state index is 13.6. The fourth-order valence-corrected chi connectivity index (χ4v) is 1.68. The first kappa shape index (κ1) is 13.2. The normalized spacial score (nSPS) is 10.3. The van der Waals surface area contributed by atoms with E-state index >= 15 is 0 Å². The van der Waals surface area contributed by atoms with Crippen LogP contribution in [-0.4, -0.2) is 4.92 Å². The zero-order valence-corrected chi connectivity index (χ0v) is 10.1. The molecule has 0 atom stereocenters.